The average molecular weight is 232 g/mol. The fourth-order valence-electron chi connectivity index (χ4n) is 1.98. The summed E-state index contributed by atoms with van der Waals surface area (Å²) in [5.41, 5.74) is 7.45. The normalized spacial score (nSPS) is 11.9. The van der Waals surface area contributed by atoms with Crippen LogP contribution in [0.5, 0.6) is 0 Å². The number of nitrogens with zero attached hydrogens (tertiary/aromatic N) is 1. The van der Waals surface area contributed by atoms with Crippen molar-refractivity contribution in [2.75, 3.05) is 5.73 Å². The second-order valence-corrected chi connectivity index (χ2v) is 5.22. The maximum absolute atomic E-state index is 11.4. The van der Waals surface area contributed by atoms with Crippen LogP contribution in [-0.2, 0) is 5.41 Å². The van der Waals surface area contributed by atoms with Crippen molar-refractivity contribution in [3.05, 3.63) is 30.0 Å². The van der Waals surface area contributed by atoms with Crippen LogP contribution in [0.25, 0.3) is 10.9 Å². The molecule has 90 valence electrons. The Morgan fingerprint density at radius 1 is 1.29 bits per heavy atom. The van der Waals surface area contributed by atoms with Gasteiger partial charge in [-0.1, -0.05) is 26.8 Å². The average Bonchev–Trinajstić information content (AvgIpc) is 2.55. The maximum Gasteiger partial charge on any atom is 0.416 e. The molecule has 0 radical (unpaired) electrons. The molecule has 0 bridgehead atoms. The fourth-order valence-corrected chi connectivity index (χ4v) is 1.98. The van der Waals surface area contributed by atoms with Crippen molar-refractivity contribution in [1.82, 2.24) is 4.57 Å². The van der Waals surface area contributed by atoms with Gasteiger partial charge in [0.15, 0.2) is 0 Å². The smallest absolute Gasteiger partial charge is 0.416 e. The lowest BCUT2D eigenvalue weighted by Gasteiger charge is -2.19. The summed E-state index contributed by atoms with van der Waals surface area (Å²) in [5, 5.41) is 10.2. The SMILES string of the molecule is CC(C)(C)c1cc2ccc(N)cc2n1C(=O)O. The van der Waals surface area contributed by atoms with Crippen LogP contribution in [0.15, 0.2) is 24.3 Å². The number of hydrogen-bond donors (Lipinski definition) is 2. The standard InChI is InChI=1S/C13H16N2O2/c1-13(2,3)11-6-8-4-5-9(14)7-10(8)15(11)12(16)17/h4-7H,14H2,1-3H3,(H,16,17). The maximum atomic E-state index is 11.4. The summed E-state index contributed by atoms with van der Waals surface area (Å²) in [6, 6.07) is 7.22. The van der Waals surface area contributed by atoms with E-state index >= 15 is 0 Å². The number of hydrogen-bond acceptors (Lipinski definition) is 2. The first kappa shape index (κ1) is 11.5. The number of nitrogen functional groups attached to an aromatic ring is 1. The molecule has 0 unspecified atom stereocenters. The van der Waals surface area contributed by atoms with Crippen molar-refractivity contribution < 1.29 is 9.90 Å². The molecule has 17 heavy (non-hydrogen) atoms. The van der Waals surface area contributed by atoms with Crippen molar-refractivity contribution in [3.8, 4) is 0 Å². The largest absolute Gasteiger partial charge is 0.464 e. The van der Waals surface area contributed by atoms with Crippen LogP contribution in [0.1, 0.15) is 26.5 Å². The van der Waals surface area contributed by atoms with Crippen LogP contribution >= 0.6 is 0 Å². The molecule has 2 aromatic rings. The molecule has 4 nitrogen and oxygen atoms in total. The van der Waals surface area contributed by atoms with E-state index in [1.807, 2.05) is 32.9 Å². The predicted molar refractivity (Wildman–Crippen MR) is 68.5 cm³/mol. The third-order valence-electron chi connectivity index (χ3n) is 2.79. The zero-order valence-electron chi connectivity index (χ0n) is 10.2. The number of aromatic nitrogens is 1. The highest BCUT2D eigenvalue weighted by atomic mass is 16.4. The molecule has 0 saturated heterocycles. The van der Waals surface area contributed by atoms with Crippen LogP contribution in [0.3, 0.4) is 0 Å². The van der Waals surface area contributed by atoms with E-state index in [0.29, 0.717) is 11.2 Å². The van der Waals surface area contributed by atoms with Gasteiger partial charge in [0, 0.05) is 22.2 Å². The monoisotopic (exact) mass is 232 g/mol. The first-order chi connectivity index (χ1) is 7.80. The van der Waals surface area contributed by atoms with Crippen molar-refractivity contribution in [1.29, 1.82) is 0 Å². The van der Waals surface area contributed by atoms with Gasteiger partial charge in [-0.2, -0.15) is 0 Å². The Kier molecular flexibility index (Phi) is 2.38. The molecule has 2 rings (SSSR count). The molecule has 0 aliphatic rings. The van der Waals surface area contributed by atoms with Gasteiger partial charge in [0.25, 0.3) is 0 Å². The predicted octanol–water partition coefficient (Wildman–Crippen LogP) is 3.05. The van der Waals surface area contributed by atoms with Gasteiger partial charge in [0.05, 0.1) is 5.52 Å². The van der Waals surface area contributed by atoms with E-state index in [1.165, 1.54) is 4.57 Å². The number of benzene rings is 1. The summed E-state index contributed by atoms with van der Waals surface area (Å²) in [7, 11) is 0. The van der Waals surface area contributed by atoms with Gasteiger partial charge >= 0.3 is 6.09 Å². The number of fused-ring (bicyclic) bond motifs is 1. The number of anilines is 1. The van der Waals surface area contributed by atoms with Gasteiger partial charge in [-0.15, -0.1) is 0 Å². The van der Waals surface area contributed by atoms with Crippen molar-refractivity contribution in [3.63, 3.8) is 0 Å². The summed E-state index contributed by atoms with van der Waals surface area (Å²) in [5.74, 6) is 0. The summed E-state index contributed by atoms with van der Waals surface area (Å²) in [6.45, 7) is 5.97. The molecule has 0 aliphatic heterocycles. The van der Waals surface area contributed by atoms with Gasteiger partial charge in [-0.3, -0.25) is 0 Å². The molecule has 1 heterocycles. The highest BCUT2D eigenvalue weighted by molar-refractivity contribution is 5.92. The first-order valence-corrected chi connectivity index (χ1v) is 5.45. The summed E-state index contributed by atoms with van der Waals surface area (Å²) < 4.78 is 1.31. The second kappa shape index (κ2) is 3.52. The molecule has 1 aromatic carbocycles. The third kappa shape index (κ3) is 1.86. The van der Waals surface area contributed by atoms with E-state index in [-0.39, 0.29) is 5.41 Å². The van der Waals surface area contributed by atoms with Crippen molar-refractivity contribution in [2.45, 2.75) is 26.2 Å². The minimum absolute atomic E-state index is 0.230. The minimum Gasteiger partial charge on any atom is -0.464 e. The Morgan fingerprint density at radius 2 is 1.94 bits per heavy atom. The molecule has 0 spiro atoms. The fraction of sp³-hybridized carbons (Fsp3) is 0.308. The Balaban J connectivity index is 2.86. The second-order valence-electron chi connectivity index (χ2n) is 5.22. The highest BCUT2D eigenvalue weighted by Crippen LogP contribution is 2.30. The lowest BCUT2D eigenvalue weighted by molar-refractivity contribution is 0.195. The van der Waals surface area contributed by atoms with Crippen LogP contribution in [0.2, 0.25) is 0 Å². The molecular formula is C13H16N2O2. The van der Waals surface area contributed by atoms with Crippen LogP contribution in [-0.4, -0.2) is 15.8 Å². The Morgan fingerprint density at radius 3 is 2.47 bits per heavy atom. The van der Waals surface area contributed by atoms with Crippen molar-refractivity contribution >= 4 is 22.7 Å². The van der Waals surface area contributed by atoms with Gasteiger partial charge < -0.3 is 10.8 Å². The summed E-state index contributed by atoms with van der Waals surface area (Å²) in [6.07, 6.45) is -0.976. The molecule has 1 aromatic heterocycles. The topological polar surface area (TPSA) is 68.2 Å². The summed E-state index contributed by atoms with van der Waals surface area (Å²) in [4.78, 5) is 11.4. The van der Waals surface area contributed by atoms with E-state index in [1.54, 1.807) is 12.1 Å². The number of carboxylic acid groups (broad SMARTS) is 1. The number of nitrogens with two attached hydrogens (primary N) is 1. The van der Waals surface area contributed by atoms with Crippen LogP contribution in [0, 0.1) is 0 Å². The molecule has 0 saturated carbocycles. The third-order valence-corrected chi connectivity index (χ3v) is 2.79. The highest BCUT2D eigenvalue weighted by Gasteiger charge is 2.23. The lowest BCUT2D eigenvalue weighted by atomic mass is 9.92. The zero-order valence-corrected chi connectivity index (χ0v) is 10.2. The zero-order chi connectivity index (χ0) is 12.8. The number of carbonyl (C=O) groups is 1. The van der Waals surface area contributed by atoms with Gasteiger partial charge in [0.1, 0.15) is 0 Å². The molecule has 0 amide bonds. The van der Waals surface area contributed by atoms with E-state index in [0.717, 1.165) is 11.1 Å². The van der Waals surface area contributed by atoms with E-state index in [4.69, 9.17) is 5.73 Å². The van der Waals surface area contributed by atoms with Crippen LogP contribution in [0.4, 0.5) is 10.5 Å². The summed E-state index contributed by atoms with van der Waals surface area (Å²) >= 11 is 0. The quantitative estimate of drug-likeness (QED) is 0.686. The van der Waals surface area contributed by atoms with E-state index in [2.05, 4.69) is 0 Å². The van der Waals surface area contributed by atoms with Crippen LogP contribution < -0.4 is 5.73 Å². The Hall–Kier alpha value is -1.97. The molecule has 3 N–H and O–H groups in total. The minimum atomic E-state index is -0.976. The molecule has 0 fully saturated rings. The van der Waals surface area contributed by atoms with Crippen molar-refractivity contribution in [2.24, 2.45) is 0 Å². The molecule has 4 heteroatoms. The van der Waals surface area contributed by atoms with Gasteiger partial charge in [0.2, 0.25) is 0 Å². The first-order valence-electron chi connectivity index (χ1n) is 5.45. The Labute approximate surface area is 99.7 Å². The lowest BCUT2D eigenvalue weighted by Crippen LogP contribution is -2.21. The number of rotatable bonds is 0. The van der Waals surface area contributed by atoms with Gasteiger partial charge in [-0.25, -0.2) is 9.36 Å². The van der Waals surface area contributed by atoms with Gasteiger partial charge in [-0.05, 0) is 18.2 Å². The molecular weight excluding hydrogens is 216 g/mol. The Bertz CT molecular complexity index is 591. The molecule has 0 aliphatic carbocycles. The van der Waals surface area contributed by atoms with E-state index < -0.39 is 6.09 Å². The van der Waals surface area contributed by atoms with E-state index in [9.17, 15) is 9.90 Å². The molecule has 0 atom stereocenters.